The lowest BCUT2D eigenvalue weighted by Gasteiger charge is -2.32. The number of phenols is 1. The molecule has 1 aromatic carbocycles. The Bertz CT molecular complexity index is 1100. The highest BCUT2D eigenvalue weighted by Crippen LogP contribution is 2.30. The van der Waals surface area contributed by atoms with Crippen molar-refractivity contribution in [1.82, 2.24) is 14.7 Å². The van der Waals surface area contributed by atoms with Crippen molar-refractivity contribution < 1.29 is 14.3 Å². The van der Waals surface area contributed by atoms with Gasteiger partial charge in [0.1, 0.15) is 11.3 Å². The third-order valence-electron chi connectivity index (χ3n) is 5.22. The summed E-state index contributed by atoms with van der Waals surface area (Å²) in [5.74, 6) is -0.306. The number of rotatable bonds is 4. The third kappa shape index (κ3) is 3.50. The van der Waals surface area contributed by atoms with E-state index in [1.807, 2.05) is 0 Å². The number of hydrogen-bond acceptors (Lipinski definition) is 6. The van der Waals surface area contributed by atoms with E-state index in [0.29, 0.717) is 17.7 Å². The second-order valence-corrected chi connectivity index (χ2v) is 7.31. The first-order valence-electron chi connectivity index (χ1n) is 9.22. The fraction of sp³-hybridized carbons (Fsp3) is 0.350. The Morgan fingerprint density at radius 2 is 2.21 bits per heavy atom. The standard InChI is InChI=1S/C20H22N4O4/c1-23-11-16(20(21)27)19(22-23)12-3-2-6-24(9-12)10-13-7-18(26)28-17-8-14(25)4-5-15(13)17/h4-5,7-8,11-12,25H,2-3,6,9-10H2,1H3,(H2,21,27)/t12-/m1/s1. The SMILES string of the molecule is Cn1cc(C(N)=O)c([C@@H]2CCCN(Cc3cc(=O)oc4cc(O)ccc34)C2)n1. The number of piperidine rings is 1. The van der Waals surface area contributed by atoms with Crippen molar-refractivity contribution in [1.29, 1.82) is 0 Å². The van der Waals surface area contributed by atoms with Crippen LogP contribution in [-0.4, -0.2) is 38.8 Å². The summed E-state index contributed by atoms with van der Waals surface area (Å²) in [6.07, 6.45) is 3.55. The minimum atomic E-state index is -0.466. The molecule has 8 heteroatoms. The lowest BCUT2D eigenvalue weighted by molar-refractivity contribution is 0.0997. The Balaban J connectivity index is 1.61. The van der Waals surface area contributed by atoms with Gasteiger partial charge in [-0.15, -0.1) is 0 Å². The van der Waals surface area contributed by atoms with Crippen LogP contribution in [0.15, 0.2) is 39.7 Å². The normalized spacial score (nSPS) is 17.8. The van der Waals surface area contributed by atoms with Crippen LogP contribution < -0.4 is 11.4 Å². The first-order chi connectivity index (χ1) is 13.4. The first-order valence-corrected chi connectivity index (χ1v) is 9.22. The average Bonchev–Trinajstić information content (AvgIpc) is 3.03. The summed E-state index contributed by atoms with van der Waals surface area (Å²) in [5, 5.41) is 14.9. The number of benzene rings is 1. The van der Waals surface area contributed by atoms with Gasteiger partial charge in [0.15, 0.2) is 0 Å². The number of fused-ring (bicyclic) bond motifs is 1. The number of hydrogen-bond donors (Lipinski definition) is 2. The summed E-state index contributed by atoms with van der Waals surface area (Å²) in [6, 6.07) is 6.29. The minimum Gasteiger partial charge on any atom is -0.508 e. The predicted molar refractivity (Wildman–Crippen MR) is 103 cm³/mol. The molecule has 28 heavy (non-hydrogen) atoms. The quantitative estimate of drug-likeness (QED) is 0.664. The van der Waals surface area contributed by atoms with Crippen LogP contribution in [0.1, 0.15) is 40.4 Å². The number of nitrogens with two attached hydrogens (primary N) is 1. The van der Waals surface area contributed by atoms with Gasteiger partial charge in [0.05, 0.1) is 11.3 Å². The van der Waals surface area contributed by atoms with Crippen LogP contribution in [0.2, 0.25) is 0 Å². The van der Waals surface area contributed by atoms with E-state index in [1.54, 1.807) is 30.1 Å². The molecule has 3 N–H and O–H groups in total. The molecule has 1 aliphatic rings. The average molecular weight is 382 g/mol. The van der Waals surface area contributed by atoms with E-state index < -0.39 is 11.5 Å². The molecule has 0 aliphatic carbocycles. The highest BCUT2D eigenvalue weighted by atomic mass is 16.4. The van der Waals surface area contributed by atoms with Gasteiger partial charge >= 0.3 is 5.63 Å². The van der Waals surface area contributed by atoms with Gasteiger partial charge in [-0.3, -0.25) is 14.4 Å². The summed E-state index contributed by atoms with van der Waals surface area (Å²) in [5.41, 5.74) is 7.50. The monoisotopic (exact) mass is 382 g/mol. The molecule has 1 atom stereocenters. The molecule has 0 spiro atoms. The molecule has 3 aromatic rings. The topological polar surface area (TPSA) is 115 Å². The van der Waals surface area contributed by atoms with E-state index in [-0.39, 0.29) is 11.7 Å². The molecular weight excluding hydrogens is 360 g/mol. The van der Waals surface area contributed by atoms with Crippen molar-refractivity contribution >= 4 is 16.9 Å². The van der Waals surface area contributed by atoms with Gasteiger partial charge in [0, 0.05) is 49.8 Å². The molecule has 0 saturated carbocycles. The van der Waals surface area contributed by atoms with E-state index in [0.717, 1.165) is 42.6 Å². The molecule has 1 saturated heterocycles. The fourth-order valence-electron chi connectivity index (χ4n) is 4.01. The van der Waals surface area contributed by atoms with Crippen molar-refractivity contribution in [3.8, 4) is 5.75 Å². The lowest BCUT2D eigenvalue weighted by Crippen LogP contribution is -2.35. The number of likely N-dealkylation sites (tertiary alicyclic amines) is 1. The molecule has 146 valence electrons. The van der Waals surface area contributed by atoms with Gasteiger partial charge in [0.25, 0.3) is 5.91 Å². The third-order valence-corrected chi connectivity index (χ3v) is 5.22. The summed E-state index contributed by atoms with van der Waals surface area (Å²) in [7, 11) is 1.78. The lowest BCUT2D eigenvalue weighted by atomic mass is 9.92. The maximum absolute atomic E-state index is 11.9. The van der Waals surface area contributed by atoms with Crippen LogP contribution in [0.4, 0.5) is 0 Å². The van der Waals surface area contributed by atoms with Gasteiger partial charge in [-0.05, 0) is 37.1 Å². The molecule has 1 fully saturated rings. The maximum atomic E-state index is 11.9. The van der Waals surface area contributed by atoms with Gasteiger partial charge in [-0.1, -0.05) is 0 Å². The second kappa shape index (κ2) is 7.12. The molecule has 1 amide bonds. The number of aryl methyl sites for hydroxylation is 1. The molecule has 8 nitrogen and oxygen atoms in total. The fourth-order valence-corrected chi connectivity index (χ4v) is 4.01. The van der Waals surface area contributed by atoms with E-state index >= 15 is 0 Å². The Kier molecular flexibility index (Phi) is 4.64. The van der Waals surface area contributed by atoms with Crippen LogP contribution in [0.5, 0.6) is 5.75 Å². The number of carbonyl (C=O) groups is 1. The van der Waals surface area contributed by atoms with Gasteiger partial charge in [-0.25, -0.2) is 4.79 Å². The Morgan fingerprint density at radius 1 is 1.39 bits per heavy atom. The number of aromatic hydroxyl groups is 1. The van der Waals surface area contributed by atoms with Crippen LogP contribution in [0.25, 0.3) is 11.0 Å². The summed E-state index contributed by atoms with van der Waals surface area (Å²) >= 11 is 0. The van der Waals surface area contributed by atoms with Crippen molar-refractivity contribution in [2.45, 2.75) is 25.3 Å². The van der Waals surface area contributed by atoms with Crippen molar-refractivity contribution in [2.24, 2.45) is 12.8 Å². The zero-order valence-corrected chi connectivity index (χ0v) is 15.6. The van der Waals surface area contributed by atoms with Crippen LogP contribution in [0, 0.1) is 0 Å². The molecule has 4 rings (SSSR count). The molecule has 2 aromatic heterocycles. The zero-order valence-electron chi connectivity index (χ0n) is 15.6. The molecule has 3 heterocycles. The smallest absolute Gasteiger partial charge is 0.336 e. The van der Waals surface area contributed by atoms with Crippen molar-refractivity contribution in [3.63, 3.8) is 0 Å². The number of primary amides is 1. The summed E-state index contributed by atoms with van der Waals surface area (Å²) in [4.78, 5) is 25.9. The van der Waals surface area contributed by atoms with Crippen LogP contribution >= 0.6 is 0 Å². The Morgan fingerprint density at radius 3 is 3.00 bits per heavy atom. The molecule has 0 bridgehead atoms. The van der Waals surface area contributed by atoms with Crippen molar-refractivity contribution in [3.05, 3.63) is 57.7 Å². The first kappa shape index (κ1) is 18.2. The molecule has 0 radical (unpaired) electrons. The van der Waals surface area contributed by atoms with E-state index in [1.165, 1.54) is 12.1 Å². The van der Waals surface area contributed by atoms with E-state index in [2.05, 4.69) is 10.00 Å². The van der Waals surface area contributed by atoms with Crippen LogP contribution in [0.3, 0.4) is 0 Å². The van der Waals surface area contributed by atoms with Crippen molar-refractivity contribution in [2.75, 3.05) is 13.1 Å². The zero-order chi connectivity index (χ0) is 19.8. The summed E-state index contributed by atoms with van der Waals surface area (Å²) < 4.78 is 6.83. The second-order valence-electron chi connectivity index (χ2n) is 7.31. The largest absolute Gasteiger partial charge is 0.508 e. The molecule has 0 unspecified atom stereocenters. The van der Waals surface area contributed by atoms with E-state index in [9.17, 15) is 14.7 Å². The van der Waals surface area contributed by atoms with Gasteiger partial charge in [-0.2, -0.15) is 5.10 Å². The Hall–Kier alpha value is -3.13. The predicted octanol–water partition coefficient (Wildman–Crippen LogP) is 1.71. The number of aromatic nitrogens is 2. The number of amides is 1. The molecule has 1 aliphatic heterocycles. The molecular formula is C20H22N4O4. The minimum absolute atomic E-state index is 0.0555. The summed E-state index contributed by atoms with van der Waals surface area (Å²) in [6.45, 7) is 2.17. The van der Waals surface area contributed by atoms with Gasteiger partial charge < -0.3 is 15.3 Å². The number of phenolic OH excluding ortho intramolecular Hbond substituents is 1. The highest BCUT2D eigenvalue weighted by Gasteiger charge is 2.27. The highest BCUT2D eigenvalue weighted by molar-refractivity contribution is 5.93. The maximum Gasteiger partial charge on any atom is 0.336 e. The number of nitrogens with zero attached hydrogens (tertiary/aromatic N) is 3. The van der Waals surface area contributed by atoms with Crippen LogP contribution in [-0.2, 0) is 13.6 Å². The van der Waals surface area contributed by atoms with Gasteiger partial charge in [0.2, 0.25) is 0 Å². The van der Waals surface area contributed by atoms with E-state index in [4.69, 9.17) is 10.2 Å². The Labute approximate surface area is 161 Å². The number of carbonyl (C=O) groups excluding carboxylic acids is 1.